The van der Waals surface area contributed by atoms with Crippen molar-refractivity contribution in [3.8, 4) is 5.75 Å². The van der Waals surface area contributed by atoms with Crippen LogP contribution in [0.25, 0.3) is 0 Å². The SMILES string of the molecule is Cc1cc(F)c(Cl)c(OCF)c1. The van der Waals surface area contributed by atoms with Crippen molar-refractivity contribution < 1.29 is 13.5 Å². The number of rotatable bonds is 2. The summed E-state index contributed by atoms with van der Waals surface area (Å²) in [5.74, 6) is -0.559. The van der Waals surface area contributed by atoms with Gasteiger partial charge in [0.15, 0.2) is 0 Å². The number of ether oxygens (including phenoxy) is 1. The molecule has 0 atom stereocenters. The highest BCUT2D eigenvalue weighted by atomic mass is 35.5. The molecule has 0 saturated heterocycles. The zero-order chi connectivity index (χ0) is 9.14. The maximum Gasteiger partial charge on any atom is 0.228 e. The molecule has 0 aliphatic heterocycles. The first-order chi connectivity index (χ1) is 5.65. The Balaban J connectivity index is 3.09. The van der Waals surface area contributed by atoms with Crippen LogP contribution in [-0.4, -0.2) is 6.86 Å². The lowest BCUT2D eigenvalue weighted by Crippen LogP contribution is -1.93. The summed E-state index contributed by atoms with van der Waals surface area (Å²) in [6, 6.07) is 2.73. The van der Waals surface area contributed by atoms with Crippen LogP contribution in [0.1, 0.15) is 5.56 Å². The van der Waals surface area contributed by atoms with E-state index < -0.39 is 12.7 Å². The molecule has 0 N–H and O–H groups in total. The summed E-state index contributed by atoms with van der Waals surface area (Å²) in [6.07, 6.45) is 0. The number of hydrogen-bond donors (Lipinski definition) is 0. The van der Waals surface area contributed by atoms with Gasteiger partial charge < -0.3 is 4.74 Å². The zero-order valence-corrected chi connectivity index (χ0v) is 7.16. The van der Waals surface area contributed by atoms with Crippen LogP contribution in [0, 0.1) is 12.7 Å². The van der Waals surface area contributed by atoms with Gasteiger partial charge in [0.2, 0.25) is 6.86 Å². The quantitative estimate of drug-likeness (QED) is 0.700. The smallest absolute Gasteiger partial charge is 0.228 e. The second-order valence-electron chi connectivity index (χ2n) is 2.31. The van der Waals surface area contributed by atoms with Gasteiger partial charge in [-0.15, -0.1) is 0 Å². The number of halogens is 3. The van der Waals surface area contributed by atoms with Crippen LogP contribution in [0.2, 0.25) is 5.02 Å². The van der Waals surface area contributed by atoms with Gasteiger partial charge in [0.05, 0.1) is 0 Å². The lowest BCUT2D eigenvalue weighted by Gasteiger charge is -2.05. The van der Waals surface area contributed by atoms with Crippen LogP contribution < -0.4 is 4.74 Å². The van der Waals surface area contributed by atoms with E-state index in [1.165, 1.54) is 12.1 Å². The number of aryl methyl sites for hydroxylation is 1. The van der Waals surface area contributed by atoms with Crippen molar-refractivity contribution in [2.45, 2.75) is 6.92 Å². The lowest BCUT2D eigenvalue weighted by atomic mass is 10.2. The fourth-order valence-electron chi connectivity index (χ4n) is 0.857. The first kappa shape index (κ1) is 9.26. The van der Waals surface area contributed by atoms with Crippen LogP contribution in [0.5, 0.6) is 5.75 Å². The van der Waals surface area contributed by atoms with Gasteiger partial charge in [-0.2, -0.15) is 0 Å². The molecule has 0 aliphatic carbocycles. The van der Waals surface area contributed by atoms with Crippen molar-refractivity contribution in [3.63, 3.8) is 0 Å². The Morgan fingerprint density at radius 2 is 2.17 bits per heavy atom. The Morgan fingerprint density at radius 3 is 2.75 bits per heavy atom. The molecule has 4 heteroatoms. The van der Waals surface area contributed by atoms with Crippen LogP contribution in [0.15, 0.2) is 12.1 Å². The number of hydrogen-bond acceptors (Lipinski definition) is 1. The Kier molecular flexibility index (Phi) is 2.87. The van der Waals surface area contributed by atoms with Gasteiger partial charge in [0.25, 0.3) is 0 Å². The molecule has 0 fully saturated rings. The highest BCUT2D eigenvalue weighted by molar-refractivity contribution is 6.32. The molecule has 0 aromatic heterocycles. The predicted octanol–water partition coefficient (Wildman–Crippen LogP) is 3.09. The maximum absolute atomic E-state index is 12.8. The Hall–Kier alpha value is -0.830. The van der Waals surface area contributed by atoms with Gasteiger partial charge in [-0.1, -0.05) is 11.6 Å². The molecule has 0 aliphatic rings. The van der Waals surface area contributed by atoms with E-state index >= 15 is 0 Å². The van der Waals surface area contributed by atoms with E-state index in [1.807, 2.05) is 0 Å². The van der Waals surface area contributed by atoms with Crippen molar-refractivity contribution in [3.05, 3.63) is 28.5 Å². The van der Waals surface area contributed by atoms with Gasteiger partial charge in [0.1, 0.15) is 16.6 Å². The van der Waals surface area contributed by atoms with E-state index in [0.717, 1.165) is 0 Å². The summed E-state index contributed by atoms with van der Waals surface area (Å²) >= 11 is 5.48. The van der Waals surface area contributed by atoms with Crippen molar-refractivity contribution in [1.82, 2.24) is 0 Å². The molecule has 1 aromatic rings. The van der Waals surface area contributed by atoms with E-state index in [2.05, 4.69) is 4.74 Å². The van der Waals surface area contributed by atoms with Crippen LogP contribution in [-0.2, 0) is 0 Å². The van der Waals surface area contributed by atoms with Gasteiger partial charge in [-0.05, 0) is 24.6 Å². The molecule has 66 valence electrons. The maximum atomic E-state index is 12.8. The van der Waals surface area contributed by atoms with Gasteiger partial charge in [-0.3, -0.25) is 0 Å². The molecule has 12 heavy (non-hydrogen) atoms. The fourth-order valence-corrected chi connectivity index (χ4v) is 1.02. The average molecular weight is 193 g/mol. The van der Waals surface area contributed by atoms with Gasteiger partial charge in [-0.25, -0.2) is 8.78 Å². The Labute approximate surface area is 73.9 Å². The summed E-state index contributed by atoms with van der Waals surface area (Å²) in [5, 5.41) is -0.182. The summed E-state index contributed by atoms with van der Waals surface area (Å²) in [6.45, 7) is 0.660. The second kappa shape index (κ2) is 3.72. The van der Waals surface area contributed by atoms with E-state index in [4.69, 9.17) is 11.6 Å². The fraction of sp³-hybridized carbons (Fsp3) is 0.250. The molecule has 0 heterocycles. The van der Waals surface area contributed by atoms with E-state index in [9.17, 15) is 8.78 Å². The minimum atomic E-state index is -1.01. The molecule has 1 aromatic carbocycles. The Morgan fingerprint density at radius 1 is 1.50 bits per heavy atom. The topological polar surface area (TPSA) is 9.23 Å². The van der Waals surface area contributed by atoms with E-state index in [-0.39, 0.29) is 10.8 Å². The van der Waals surface area contributed by atoms with Crippen LogP contribution in [0.4, 0.5) is 8.78 Å². The van der Waals surface area contributed by atoms with Crippen molar-refractivity contribution in [2.75, 3.05) is 6.86 Å². The third-order valence-electron chi connectivity index (χ3n) is 1.35. The van der Waals surface area contributed by atoms with Crippen molar-refractivity contribution in [1.29, 1.82) is 0 Å². The summed E-state index contributed by atoms with van der Waals surface area (Å²) in [4.78, 5) is 0. The van der Waals surface area contributed by atoms with Crippen molar-refractivity contribution in [2.24, 2.45) is 0 Å². The van der Waals surface area contributed by atoms with E-state index in [0.29, 0.717) is 5.56 Å². The first-order valence-electron chi connectivity index (χ1n) is 3.29. The number of alkyl halides is 1. The molecule has 0 amide bonds. The molecule has 0 saturated carbocycles. The summed E-state index contributed by atoms with van der Waals surface area (Å²) in [5.41, 5.74) is 0.639. The molecule has 0 radical (unpaired) electrons. The first-order valence-corrected chi connectivity index (χ1v) is 3.67. The minimum Gasteiger partial charge on any atom is -0.461 e. The molecule has 0 bridgehead atoms. The van der Waals surface area contributed by atoms with Crippen LogP contribution >= 0.6 is 11.6 Å². The normalized spacial score (nSPS) is 10.0. The zero-order valence-electron chi connectivity index (χ0n) is 6.40. The second-order valence-corrected chi connectivity index (χ2v) is 2.69. The van der Waals surface area contributed by atoms with Gasteiger partial charge >= 0.3 is 0 Å². The standard InChI is InChI=1S/C8H7ClF2O/c1-5-2-6(11)8(9)7(3-5)12-4-10/h2-3H,4H2,1H3. The molecular formula is C8H7ClF2O. The predicted molar refractivity (Wildman–Crippen MR) is 42.8 cm³/mol. The minimum absolute atomic E-state index is 0.0386. The third-order valence-corrected chi connectivity index (χ3v) is 1.72. The third kappa shape index (κ3) is 1.85. The monoisotopic (exact) mass is 192 g/mol. The highest BCUT2D eigenvalue weighted by Gasteiger charge is 2.07. The molecule has 0 spiro atoms. The average Bonchev–Trinajstić information content (AvgIpc) is 2.00. The summed E-state index contributed by atoms with van der Waals surface area (Å²) < 4.78 is 29.0. The lowest BCUT2D eigenvalue weighted by molar-refractivity contribution is 0.191. The largest absolute Gasteiger partial charge is 0.461 e. The van der Waals surface area contributed by atoms with Crippen molar-refractivity contribution >= 4 is 11.6 Å². The number of benzene rings is 1. The van der Waals surface area contributed by atoms with E-state index in [1.54, 1.807) is 6.92 Å². The van der Waals surface area contributed by atoms with Gasteiger partial charge in [0, 0.05) is 0 Å². The molecule has 1 rings (SSSR count). The molecular weight excluding hydrogens is 186 g/mol. The Bertz CT molecular complexity index is 289. The highest BCUT2D eigenvalue weighted by Crippen LogP contribution is 2.28. The summed E-state index contributed by atoms with van der Waals surface area (Å²) in [7, 11) is 0. The van der Waals surface area contributed by atoms with Crippen LogP contribution in [0.3, 0.4) is 0 Å². The molecule has 0 unspecified atom stereocenters. The molecule has 1 nitrogen and oxygen atoms in total.